The van der Waals surface area contributed by atoms with Gasteiger partial charge in [0.05, 0.1) is 0 Å². The van der Waals surface area contributed by atoms with Crippen LogP contribution >= 0.6 is 0 Å². The van der Waals surface area contributed by atoms with Crippen LogP contribution in [0.2, 0.25) is 0 Å². The van der Waals surface area contributed by atoms with Gasteiger partial charge in [-0.3, -0.25) is 0 Å². The van der Waals surface area contributed by atoms with Gasteiger partial charge in [0.15, 0.2) is 0 Å². The van der Waals surface area contributed by atoms with Gasteiger partial charge in [0.25, 0.3) is 0 Å². The lowest BCUT2D eigenvalue weighted by molar-refractivity contribution is 0.664. The van der Waals surface area contributed by atoms with Crippen molar-refractivity contribution in [2.24, 2.45) is 0 Å². The quantitative estimate of drug-likeness (QED) is 0.180. The predicted octanol–water partition coefficient (Wildman–Crippen LogP) is 13.7. The summed E-state index contributed by atoms with van der Waals surface area (Å²) in [6.07, 6.45) is 0. The Morgan fingerprint density at radius 3 is 0.840 bits per heavy atom. The summed E-state index contributed by atoms with van der Waals surface area (Å²) in [5.41, 5.74) is 14.8. The van der Waals surface area contributed by atoms with Crippen molar-refractivity contribution in [1.82, 2.24) is 0 Å². The highest BCUT2D eigenvalue weighted by Crippen LogP contribution is 2.42. The van der Waals surface area contributed by atoms with Crippen LogP contribution in [0, 0.1) is 27.7 Å². The number of aryl methyl sites for hydroxylation is 4. The van der Waals surface area contributed by atoms with Gasteiger partial charge in [-0.25, -0.2) is 0 Å². The average Bonchev–Trinajstić information content (AvgIpc) is 3.67. The van der Waals surface area contributed by atoms with Crippen molar-refractivity contribution in [3.05, 3.63) is 168 Å². The molecular formula is C46H36N2O2. The van der Waals surface area contributed by atoms with Gasteiger partial charge in [0.2, 0.25) is 0 Å². The standard InChI is InChI=1S/C46H36N2O2/c1-29-5-13-33(14-6-29)47(34-15-7-30(2)8-16-34)37-21-23-39-41-27-46-42(28-45(41)49-43(39)25-37)40-24-22-38(26-44(40)50-46)48(35-17-9-31(3)10-18-35)36-19-11-32(4)12-20-36/h5-28H,1-4H3. The molecule has 0 aliphatic heterocycles. The second-order valence-electron chi connectivity index (χ2n) is 13.4. The van der Waals surface area contributed by atoms with Gasteiger partial charge in [0, 0.05) is 67.8 Å². The van der Waals surface area contributed by atoms with Crippen LogP contribution in [0.5, 0.6) is 0 Å². The van der Waals surface area contributed by atoms with E-state index < -0.39 is 0 Å². The second-order valence-corrected chi connectivity index (χ2v) is 13.4. The van der Waals surface area contributed by atoms with Gasteiger partial charge in [-0.15, -0.1) is 0 Å². The topological polar surface area (TPSA) is 32.8 Å². The summed E-state index contributed by atoms with van der Waals surface area (Å²) < 4.78 is 13.2. The van der Waals surface area contributed by atoms with E-state index in [4.69, 9.17) is 8.83 Å². The van der Waals surface area contributed by atoms with E-state index in [-0.39, 0.29) is 0 Å². The van der Waals surface area contributed by atoms with E-state index in [1.807, 2.05) is 0 Å². The van der Waals surface area contributed by atoms with Crippen molar-refractivity contribution in [1.29, 1.82) is 0 Å². The summed E-state index contributed by atoms with van der Waals surface area (Å²) in [6.45, 7) is 8.46. The fraction of sp³-hybridized carbons (Fsp3) is 0.0870. The number of hydrogen-bond donors (Lipinski definition) is 0. The zero-order valence-corrected chi connectivity index (χ0v) is 28.6. The normalized spacial score (nSPS) is 11.6. The van der Waals surface area contributed by atoms with E-state index in [0.717, 1.165) is 78.0 Å². The molecule has 0 saturated heterocycles. The number of anilines is 6. The van der Waals surface area contributed by atoms with E-state index in [2.05, 4.69) is 183 Å². The Morgan fingerprint density at radius 1 is 0.280 bits per heavy atom. The van der Waals surface area contributed by atoms with E-state index in [9.17, 15) is 0 Å². The highest BCUT2D eigenvalue weighted by atomic mass is 16.3. The lowest BCUT2D eigenvalue weighted by Gasteiger charge is -2.25. The molecule has 0 atom stereocenters. The monoisotopic (exact) mass is 648 g/mol. The first-order valence-electron chi connectivity index (χ1n) is 17.1. The first-order valence-corrected chi connectivity index (χ1v) is 17.1. The minimum Gasteiger partial charge on any atom is -0.456 e. The van der Waals surface area contributed by atoms with Gasteiger partial charge in [0.1, 0.15) is 22.3 Å². The second kappa shape index (κ2) is 11.7. The lowest BCUT2D eigenvalue weighted by Crippen LogP contribution is -2.09. The molecule has 0 aliphatic rings. The Kier molecular flexibility index (Phi) is 6.99. The summed E-state index contributed by atoms with van der Waals surface area (Å²) >= 11 is 0. The SMILES string of the molecule is Cc1ccc(N(c2ccc(C)cc2)c2ccc3c(c2)oc2cc4c(cc23)oc2cc(N(c3ccc(C)cc3)c3ccc(C)cc3)ccc24)cc1. The summed E-state index contributed by atoms with van der Waals surface area (Å²) in [7, 11) is 0. The molecule has 0 bridgehead atoms. The maximum atomic E-state index is 6.60. The molecule has 7 aromatic carbocycles. The van der Waals surface area contributed by atoms with Crippen LogP contribution in [0.3, 0.4) is 0 Å². The number of benzene rings is 7. The third-order valence-corrected chi connectivity index (χ3v) is 9.72. The molecule has 4 heteroatoms. The van der Waals surface area contributed by atoms with E-state index in [0.29, 0.717) is 0 Å². The van der Waals surface area contributed by atoms with Crippen molar-refractivity contribution < 1.29 is 8.83 Å². The summed E-state index contributed by atoms with van der Waals surface area (Å²) in [6, 6.07) is 51.8. The average molecular weight is 649 g/mol. The zero-order valence-electron chi connectivity index (χ0n) is 28.6. The molecule has 0 saturated carbocycles. The van der Waals surface area contributed by atoms with Crippen LogP contribution in [-0.2, 0) is 0 Å². The van der Waals surface area contributed by atoms with Crippen LogP contribution in [0.4, 0.5) is 34.1 Å². The molecule has 4 nitrogen and oxygen atoms in total. The molecular weight excluding hydrogens is 613 g/mol. The number of fused-ring (bicyclic) bond motifs is 6. The fourth-order valence-electron chi connectivity index (χ4n) is 6.97. The van der Waals surface area contributed by atoms with Crippen LogP contribution < -0.4 is 9.80 Å². The Labute approximate surface area is 291 Å². The van der Waals surface area contributed by atoms with E-state index in [1.165, 1.54) is 22.3 Å². The minimum absolute atomic E-state index is 0.841. The van der Waals surface area contributed by atoms with E-state index >= 15 is 0 Å². The van der Waals surface area contributed by atoms with Crippen molar-refractivity contribution in [2.75, 3.05) is 9.80 Å². The molecule has 242 valence electrons. The van der Waals surface area contributed by atoms with Gasteiger partial charge in [-0.05, 0) is 113 Å². The minimum atomic E-state index is 0.841. The highest BCUT2D eigenvalue weighted by molar-refractivity contribution is 6.15. The molecule has 0 fully saturated rings. The third-order valence-electron chi connectivity index (χ3n) is 9.72. The zero-order chi connectivity index (χ0) is 33.9. The Hall–Kier alpha value is -6.26. The summed E-state index contributed by atoms with van der Waals surface area (Å²) in [5.74, 6) is 0. The van der Waals surface area contributed by atoms with Gasteiger partial charge in [-0.1, -0.05) is 70.8 Å². The number of nitrogens with zero attached hydrogens (tertiary/aromatic N) is 2. The van der Waals surface area contributed by atoms with Crippen LogP contribution in [0.1, 0.15) is 22.3 Å². The van der Waals surface area contributed by atoms with Crippen molar-refractivity contribution in [3.63, 3.8) is 0 Å². The molecule has 0 unspecified atom stereocenters. The van der Waals surface area contributed by atoms with Crippen LogP contribution in [0.25, 0.3) is 43.9 Å². The fourth-order valence-corrected chi connectivity index (χ4v) is 6.97. The largest absolute Gasteiger partial charge is 0.456 e. The summed E-state index contributed by atoms with van der Waals surface area (Å²) in [5, 5.41) is 4.20. The van der Waals surface area contributed by atoms with Gasteiger partial charge in [-0.2, -0.15) is 0 Å². The number of rotatable bonds is 6. The molecule has 0 spiro atoms. The molecule has 0 N–H and O–H groups in total. The van der Waals surface area contributed by atoms with Crippen molar-refractivity contribution in [3.8, 4) is 0 Å². The van der Waals surface area contributed by atoms with Crippen LogP contribution in [0.15, 0.2) is 154 Å². The lowest BCUT2D eigenvalue weighted by atomic mass is 10.1. The number of hydrogen-bond acceptors (Lipinski definition) is 4. The molecule has 0 radical (unpaired) electrons. The maximum absolute atomic E-state index is 6.60. The van der Waals surface area contributed by atoms with E-state index in [1.54, 1.807) is 0 Å². The van der Waals surface area contributed by atoms with Gasteiger partial charge >= 0.3 is 0 Å². The third kappa shape index (κ3) is 5.17. The number of furan rings is 2. The summed E-state index contributed by atoms with van der Waals surface area (Å²) in [4.78, 5) is 4.55. The van der Waals surface area contributed by atoms with Crippen LogP contribution in [-0.4, -0.2) is 0 Å². The molecule has 9 aromatic rings. The first-order chi connectivity index (χ1) is 24.4. The maximum Gasteiger partial charge on any atom is 0.137 e. The van der Waals surface area contributed by atoms with Crippen molar-refractivity contribution >= 4 is 78.0 Å². The Bertz CT molecular complexity index is 2380. The molecule has 0 amide bonds. The highest BCUT2D eigenvalue weighted by Gasteiger charge is 2.19. The molecule has 2 heterocycles. The predicted molar refractivity (Wildman–Crippen MR) is 209 cm³/mol. The smallest absolute Gasteiger partial charge is 0.137 e. The Morgan fingerprint density at radius 2 is 0.540 bits per heavy atom. The molecule has 0 aliphatic carbocycles. The Balaban J connectivity index is 1.14. The molecule has 9 rings (SSSR count). The van der Waals surface area contributed by atoms with Gasteiger partial charge < -0.3 is 18.6 Å². The van der Waals surface area contributed by atoms with Crippen molar-refractivity contribution in [2.45, 2.75) is 27.7 Å². The molecule has 2 aromatic heterocycles. The first kappa shape index (κ1) is 29.8. The molecule has 50 heavy (non-hydrogen) atoms.